The van der Waals surface area contributed by atoms with Crippen molar-refractivity contribution >= 4 is 29.5 Å². The molecule has 0 aliphatic carbocycles. The molecule has 0 amide bonds. The molecule has 2 heteroatoms. The Balaban J connectivity index is 2.12. The van der Waals surface area contributed by atoms with Crippen LogP contribution in [-0.2, 0) is 6.42 Å². The monoisotopic (exact) mass is 431 g/mol. The van der Waals surface area contributed by atoms with Crippen LogP contribution in [0.3, 0.4) is 0 Å². The lowest BCUT2D eigenvalue weighted by molar-refractivity contribution is 0.750. The van der Waals surface area contributed by atoms with Crippen molar-refractivity contribution in [3.05, 3.63) is 95.2 Å². The average molecular weight is 432 g/mol. The number of aryl methyl sites for hydroxylation is 1. The lowest BCUT2D eigenvalue weighted by atomic mass is 9.92. The Morgan fingerprint density at radius 1 is 1.00 bits per heavy atom. The number of rotatable bonds is 12. The van der Waals surface area contributed by atoms with Gasteiger partial charge < -0.3 is 5.73 Å². The van der Waals surface area contributed by atoms with Gasteiger partial charge in [-0.3, -0.25) is 0 Å². The topological polar surface area (TPSA) is 26.0 Å². The quantitative estimate of drug-likeness (QED) is 0.207. The van der Waals surface area contributed by atoms with Crippen LogP contribution in [0, 0.1) is 0 Å². The van der Waals surface area contributed by atoms with Crippen molar-refractivity contribution in [2.75, 3.05) is 6.26 Å². The number of allylic oxidation sites excluding steroid dienone is 4. The van der Waals surface area contributed by atoms with Gasteiger partial charge in [0, 0.05) is 10.6 Å². The van der Waals surface area contributed by atoms with E-state index < -0.39 is 0 Å². The van der Waals surface area contributed by atoms with Crippen molar-refractivity contribution in [1.82, 2.24) is 0 Å². The Morgan fingerprint density at radius 3 is 2.35 bits per heavy atom. The summed E-state index contributed by atoms with van der Waals surface area (Å²) in [7, 11) is 0. The zero-order valence-electron chi connectivity index (χ0n) is 19.4. The highest BCUT2D eigenvalue weighted by Gasteiger charge is 2.08. The van der Waals surface area contributed by atoms with Crippen LogP contribution in [-0.4, -0.2) is 6.26 Å². The highest BCUT2D eigenvalue weighted by molar-refractivity contribution is 7.98. The molecular formula is C29H37NS. The first-order chi connectivity index (χ1) is 14.9. The first-order valence-corrected chi connectivity index (χ1v) is 12.3. The predicted molar refractivity (Wildman–Crippen MR) is 142 cm³/mol. The van der Waals surface area contributed by atoms with Gasteiger partial charge >= 0.3 is 0 Å². The van der Waals surface area contributed by atoms with E-state index in [0.717, 1.165) is 49.8 Å². The molecule has 0 atom stereocenters. The molecule has 31 heavy (non-hydrogen) atoms. The average Bonchev–Trinajstić information content (AvgIpc) is 2.76. The van der Waals surface area contributed by atoms with E-state index in [1.165, 1.54) is 32.7 Å². The molecule has 0 saturated carbocycles. The van der Waals surface area contributed by atoms with Gasteiger partial charge in [-0.15, -0.1) is 18.3 Å². The number of thioether (sulfide) groups is 1. The minimum Gasteiger partial charge on any atom is -0.402 e. The summed E-state index contributed by atoms with van der Waals surface area (Å²) in [5.41, 5.74) is 14.7. The van der Waals surface area contributed by atoms with Crippen LogP contribution in [0.5, 0.6) is 0 Å². The fourth-order valence-electron chi connectivity index (χ4n) is 3.62. The van der Waals surface area contributed by atoms with Gasteiger partial charge in [0.15, 0.2) is 0 Å². The maximum atomic E-state index is 6.43. The van der Waals surface area contributed by atoms with E-state index in [1.54, 1.807) is 11.8 Å². The molecule has 0 fully saturated rings. The van der Waals surface area contributed by atoms with Gasteiger partial charge in [0.1, 0.15) is 0 Å². The normalized spacial score (nSPS) is 11.8. The maximum Gasteiger partial charge on any atom is 0.00900 e. The number of hydrogen-bond acceptors (Lipinski definition) is 2. The summed E-state index contributed by atoms with van der Waals surface area (Å²) >= 11 is 1.77. The maximum absolute atomic E-state index is 6.43. The molecule has 0 aliphatic heterocycles. The second kappa shape index (κ2) is 13.1. The molecule has 0 radical (unpaired) electrons. The molecule has 0 bridgehead atoms. The SMILES string of the molecule is C=C(C)CCCCC(=C)c1cccc(/C=C(\N)CCc2ccc(SC)cc2)c1/C=C\C. The standard InChI is InChI=1S/C29H37NS/c1-6-10-29-25(13-9-14-28(29)23(4)12-8-7-11-22(2)3)21-26(30)18-15-24-16-19-27(31-5)20-17-24/h6,9-10,13-14,16-17,19-21H,2,4,7-8,11-12,15,18,30H2,1,3,5H3/b10-6-,26-21-. The zero-order chi connectivity index (χ0) is 22.6. The highest BCUT2D eigenvalue weighted by Crippen LogP contribution is 2.28. The molecule has 2 N–H and O–H groups in total. The third-order valence-electron chi connectivity index (χ3n) is 5.39. The number of unbranched alkanes of at least 4 members (excludes halogenated alkanes) is 1. The first-order valence-electron chi connectivity index (χ1n) is 11.1. The van der Waals surface area contributed by atoms with Gasteiger partial charge in [0.25, 0.3) is 0 Å². The summed E-state index contributed by atoms with van der Waals surface area (Å²) in [6, 6.07) is 15.2. The first kappa shape index (κ1) is 24.8. The lowest BCUT2D eigenvalue weighted by Gasteiger charge is -2.13. The third-order valence-corrected chi connectivity index (χ3v) is 6.13. The summed E-state index contributed by atoms with van der Waals surface area (Å²) in [4.78, 5) is 1.29. The molecule has 0 saturated heterocycles. The molecular weight excluding hydrogens is 394 g/mol. The summed E-state index contributed by atoms with van der Waals surface area (Å²) < 4.78 is 0. The van der Waals surface area contributed by atoms with Crippen LogP contribution in [0.4, 0.5) is 0 Å². The predicted octanol–water partition coefficient (Wildman–Crippen LogP) is 8.52. The summed E-state index contributed by atoms with van der Waals surface area (Å²) in [5, 5.41) is 0. The third kappa shape index (κ3) is 8.30. The van der Waals surface area contributed by atoms with E-state index in [9.17, 15) is 0 Å². The highest BCUT2D eigenvalue weighted by atomic mass is 32.2. The van der Waals surface area contributed by atoms with E-state index in [1.807, 2.05) is 0 Å². The molecule has 164 valence electrons. The van der Waals surface area contributed by atoms with Crippen molar-refractivity contribution < 1.29 is 0 Å². The number of benzene rings is 2. The summed E-state index contributed by atoms with van der Waals surface area (Å²) in [6.45, 7) is 12.5. The summed E-state index contributed by atoms with van der Waals surface area (Å²) in [6.07, 6.45) is 14.7. The molecule has 2 aromatic rings. The molecule has 0 aromatic heterocycles. The molecule has 0 heterocycles. The fourth-order valence-corrected chi connectivity index (χ4v) is 4.03. The van der Waals surface area contributed by atoms with Gasteiger partial charge in [-0.05, 0) is 105 Å². The molecule has 0 spiro atoms. The molecule has 1 nitrogen and oxygen atoms in total. The minimum absolute atomic E-state index is 0.847. The minimum atomic E-state index is 0.847. The molecule has 0 unspecified atom stereocenters. The van der Waals surface area contributed by atoms with E-state index in [-0.39, 0.29) is 0 Å². The Kier molecular flexibility index (Phi) is 10.5. The Labute approximate surface area is 193 Å². The zero-order valence-corrected chi connectivity index (χ0v) is 20.2. The Hall–Kier alpha value is -2.45. The van der Waals surface area contributed by atoms with Crippen molar-refractivity contribution in [1.29, 1.82) is 0 Å². The number of nitrogens with two attached hydrogens (primary N) is 1. The number of hydrogen-bond donors (Lipinski definition) is 1. The van der Waals surface area contributed by atoms with Crippen molar-refractivity contribution in [2.24, 2.45) is 5.73 Å². The Morgan fingerprint density at radius 2 is 1.71 bits per heavy atom. The van der Waals surface area contributed by atoms with E-state index in [2.05, 4.69) is 94.0 Å². The van der Waals surface area contributed by atoms with Crippen LogP contribution in [0.1, 0.15) is 68.2 Å². The lowest BCUT2D eigenvalue weighted by Crippen LogP contribution is -2.00. The Bertz CT molecular complexity index is 932. The largest absolute Gasteiger partial charge is 0.402 e. The van der Waals surface area contributed by atoms with E-state index >= 15 is 0 Å². The van der Waals surface area contributed by atoms with Crippen molar-refractivity contribution in [2.45, 2.75) is 57.3 Å². The van der Waals surface area contributed by atoms with E-state index in [4.69, 9.17) is 5.73 Å². The van der Waals surface area contributed by atoms with Crippen LogP contribution in [0.15, 0.2) is 77.9 Å². The second-order valence-electron chi connectivity index (χ2n) is 8.14. The molecule has 2 rings (SSSR count). The van der Waals surface area contributed by atoms with Gasteiger partial charge in [-0.2, -0.15) is 0 Å². The van der Waals surface area contributed by atoms with Gasteiger partial charge in [-0.25, -0.2) is 0 Å². The van der Waals surface area contributed by atoms with Crippen molar-refractivity contribution in [3.63, 3.8) is 0 Å². The summed E-state index contributed by atoms with van der Waals surface area (Å²) in [5.74, 6) is 0. The van der Waals surface area contributed by atoms with Crippen molar-refractivity contribution in [3.8, 4) is 0 Å². The smallest absolute Gasteiger partial charge is 0.00900 e. The van der Waals surface area contributed by atoms with E-state index in [0.29, 0.717) is 0 Å². The second-order valence-corrected chi connectivity index (χ2v) is 9.02. The molecule has 2 aromatic carbocycles. The van der Waals surface area contributed by atoms with Gasteiger partial charge in [0.2, 0.25) is 0 Å². The van der Waals surface area contributed by atoms with Gasteiger partial charge in [-0.1, -0.05) is 54.6 Å². The fraction of sp³-hybridized carbons (Fsp3) is 0.310. The van der Waals surface area contributed by atoms with Gasteiger partial charge in [0.05, 0.1) is 0 Å². The van der Waals surface area contributed by atoms with Crippen LogP contribution >= 0.6 is 11.8 Å². The van der Waals surface area contributed by atoms with Crippen LogP contribution < -0.4 is 5.73 Å². The van der Waals surface area contributed by atoms with Crippen LogP contribution in [0.2, 0.25) is 0 Å². The van der Waals surface area contributed by atoms with Crippen LogP contribution in [0.25, 0.3) is 17.7 Å². The molecule has 0 aliphatic rings.